The van der Waals surface area contributed by atoms with Crippen LogP contribution in [-0.2, 0) is 9.59 Å². The molecular weight excluding hydrogens is 232 g/mol. The molecule has 0 unspecified atom stereocenters. The summed E-state index contributed by atoms with van der Waals surface area (Å²) in [4.78, 5) is 27.6. The lowest BCUT2D eigenvalue weighted by molar-refractivity contribution is -0.151. The van der Waals surface area contributed by atoms with Crippen LogP contribution in [0.5, 0.6) is 0 Å². The van der Waals surface area contributed by atoms with Crippen LogP contribution in [0.4, 0.5) is 0 Å². The van der Waals surface area contributed by atoms with Gasteiger partial charge in [-0.25, -0.2) is 0 Å². The number of carbonyl (C=O) groups excluding carboxylic acids is 1. The van der Waals surface area contributed by atoms with Crippen LogP contribution in [-0.4, -0.2) is 60.0 Å². The maximum Gasteiger partial charge on any atom is 0.307 e. The van der Waals surface area contributed by atoms with Crippen LogP contribution in [0.25, 0.3) is 0 Å². The minimum absolute atomic E-state index is 0.0138. The van der Waals surface area contributed by atoms with Gasteiger partial charge in [0.05, 0.1) is 11.8 Å². The molecule has 18 heavy (non-hydrogen) atoms. The predicted octanol–water partition coefficient (Wildman–Crippen LogP) is 0.427. The molecule has 1 heterocycles. The SMILES string of the molecule is CN1CCN(C(=O)[C@@H]2CC=CC[C@@H]2C(=O)O)CC1. The molecule has 1 amide bonds. The van der Waals surface area contributed by atoms with Crippen LogP contribution in [0.1, 0.15) is 12.8 Å². The molecule has 0 bridgehead atoms. The summed E-state index contributed by atoms with van der Waals surface area (Å²) in [6, 6.07) is 0. The summed E-state index contributed by atoms with van der Waals surface area (Å²) in [6.45, 7) is 3.15. The van der Waals surface area contributed by atoms with Crippen molar-refractivity contribution < 1.29 is 14.7 Å². The highest BCUT2D eigenvalue weighted by molar-refractivity contribution is 5.85. The molecule has 0 aromatic heterocycles. The largest absolute Gasteiger partial charge is 0.481 e. The van der Waals surface area contributed by atoms with E-state index in [1.165, 1.54) is 0 Å². The molecule has 1 aliphatic carbocycles. The molecule has 2 rings (SSSR count). The number of allylic oxidation sites excluding steroid dienone is 2. The zero-order valence-corrected chi connectivity index (χ0v) is 10.7. The third-order valence-electron chi connectivity index (χ3n) is 3.88. The molecule has 1 fully saturated rings. The Bertz CT molecular complexity index is 359. The van der Waals surface area contributed by atoms with Gasteiger partial charge in [-0.3, -0.25) is 9.59 Å². The van der Waals surface area contributed by atoms with Crippen LogP contribution < -0.4 is 0 Å². The van der Waals surface area contributed by atoms with E-state index in [-0.39, 0.29) is 11.8 Å². The highest BCUT2D eigenvalue weighted by Gasteiger charge is 2.36. The Hall–Kier alpha value is -1.36. The number of likely N-dealkylation sites (N-methyl/N-ethyl adjacent to an activating group) is 1. The third kappa shape index (κ3) is 2.72. The highest BCUT2D eigenvalue weighted by atomic mass is 16.4. The fraction of sp³-hybridized carbons (Fsp3) is 0.692. The molecule has 5 heteroatoms. The molecular formula is C13H20N2O3. The van der Waals surface area contributed by atoms with E-state index in [0.717, 1.165) is 13.1 Å². The number of piperazine rings is 1. The fourth-order valence-electron chi connectivity index (χ4n) is 2.62. The van der Waals surface area contributed by atoms with Crippen molar-refractivity contribution in [1.29, 1.82) is 0 Å². The molecule has 2 atom stereocenters. The molecule has 1 aliphatic heterocycles. The molecule has 0 radical (unpaired) electrons. The summed E-state index contributed by atoms with van der Waals surface area (Å²) >= 11 is 0. The second-order valence-corrected chi connectivity index (χ2v) is 5.12. The quantitative estimate of drug-likeness (QED) is 0.724. The second-order valence-electron chi connectivity index (χ2n) is 5.12. The predicted molar refractivity (Wildman–Crippen MR) is 67.1 cm³/mol. The van der Waals surface area contributed by atoms with Gasteiger partial charge in [0.1, 0.15) is 0 Å². The third-order valence-corrected chi connectivity index (χ3v) is 3.88. The van der Waals surface area contributed by atoms with E-state index in [1.807, 2.05) is 24.1 Å². The van der Waals surface area contributed by atoms with Crippen molar-refractivity contribution >= 4 is 11.9 Å². The monoisotopic (exact) mass is 252 g/mol. The summed E-state index contributed by atoms with van der Waals surface area (Å²) in [6.07, 6.45) is 4.83. The second kappa shape index (κ2) is 5.52. The maximum absolute atomic E-state index is 12.4. The van der Waals surface area contributed by atoms with Gasteiger partial charge in [0.2, 0.25) is 5.91 Å². The maximum atomic E-state index is 12.4. The zero-order valence-electron chi connectivity index (χ0n) is 10.7. The summed E-state index contributed by atoms with van der Waals surface area (Å²) in [5.41, 5.74) is 0. The van der Waals surface area contributed by atoms with Crippen LogP contribution in [0, 0.1) is 11.8 Å². The zero-order chi connectivity index (χ0) is 13.1. The number of carboxylic acids is 1. The Morgan fingerprint density at radius 3 is 2.17 bits per heavy atom. The van der Waals surface area contributed by atoms with Gasteiger partial charge in [-0.2, -0.15) is 0 Å². The van der Waals surface area contributed by atoms with Gasteiger partial charge in [0.15, 0.2) is 0 Å². The summed E-state index contributed by atoms with van der Waals surface area (Å²) < 4.78 is 0. The number of rotatable bonds is 2. The van der Waals surface area contributed by atoms with Gasteiger partial charge < -0.3 is 14.9 Å². The van der Waals surface area contributed by atoms with E-state index >= 15 is 0 Å². The number of amides is 1. The first-order valence-corrected chi connectivity index (χ1v) is 6.44. The summed E-state index contributed by atoms with van der Waals surface area (Å²) in [5.74, 6) is -1.77. The van der Waals surface area contributed by atoms with Gasteiger partial charge in [-0.1, -0.05) is 12.2 Å². The van der Waals surface area contributed by atoms with Crippen molar-refractivity contribution in [3.05, 3.63) is 12.2 Å². The van der Waals surface area contributed by atoms with Gasteiger partial charge >= 0.3 is 5.97 Å². The number of nitrogens with zero attached hydrogens (tertiary/aromatic N) is 2. The van der Waals surface area contributed by atoms with Crippen molar-refractivity contribution in [2.45, 2.75) is 12.8 Å². The minimum Gasteiger partial charge on any atom is -0.481 e. The number of hydrogen-bond acceptors (Lipinski definition) is 3. The topological polar surface area (TPSA) is 60.9 Å². The Balaban J connectivity index is 2.03. The molecule has 1 N–H and O–H groups in total. The molecule has 0 aromatic rings. The fourth-order valence-corrected chi connectivity index (χ4v) is 2.62. The molecule has 5 nitrogen and oxygen atoms in total. The smallest absolute Gasteiger partial charge is 0.307 e. The molecule has 0 aromatic carbocycles. The average molecular weight is 252 g/mol. The summed E-state index contributed by atoms with van der Waals surface area (Å²) in [7, 11) is 2.03. The number of carbonyl (C=O) groups is 2. The van der Waals surface area contributed by atoms with Gasteiger partial charge in [0, 0.05) is 26.2 Å². The number of carboxylic acid groups (broad SMARTS) is 1. The standard InChI is InChI=1S/C13H20N2O3/c1-14-6-8-15(9-7-14)12(16)10-4-2-3-5-11(10)13(17)18/h2-3,10-11H,4-9H2,1H3,(H,17,18)/t10-,11+/m1/s1. The van der Waals surface area contributed by atoms with E-state index < -0.39 is 11.9 Å². The van der Waals surface area contributed by atoms with E-state index in [0.29, 0.717) is 25.9 Å². The molecule has 100 valence electrons. The molecule has 0 spiro atoms. The lowest BCUT2D eigenvalue weighted by atomic mass is 9.82. The molecule has 1 saturated heterocycles. The first-order valence-electron chi connectivity index (χ1n) is 6.44. The number of aliphatic carboxylic acids is 1. The van der Waals surface area contributed by atoms with Crippen molar-refractivity contribution in [2.75, 3.05) is 33.2 Å². The average Bonchev–Trinajstić information content (AvgIpc) is 2.39. The Kier molecular flexibility index (Phi) is 4.01. The van der Waals surface area contributed by atoms with Crippen LogP contribution in [0.15, 0.2) is 12.2 Å². The first-order chi connectivity index (χ1) is 8.59. The van der Waals surface area contributed by atoms with Gasteiger partial charge in [-0.15, -0.1) is 0 Å². The van der Waals surface area contributed by atoms with Gasteiger partial charge in [0.25, 0.3) is 0 Å². The first kappa shape index (κ1) is 13.1. The van der Waals surface area contributed by atoms with Crippen LogP contribution in [0.2, 0.25) is 0 Å². The summed E-state index contributed by atoms with van der Waals surface area (Å²) in [5, 5.41) is 9.19. The Morgan fingerprint density at radius 2 is 1.61 bits per heavy atom. The Labute approximate surface area is 107 Å². The normalized spacial score (nSPS) is 29.3. The van der Waals surface area contributed by atoms with Gasteiger partial charge in [-0.05, 0) is 19.9 Å². The van der Waals surface area contributed by atoms with E-state index in [2.05, 4.69) is 4.90 Å². The minimum atomic E-state index is -0.855. The Morgan fingerprint density at radius 1 is 1.06 bits per heavy atom. The van der Waals surface area contributed by atoms with Crippen molar-refractivity contribution in [3.63, 3.8) is 0 Å². The molecule has 2 aliphatic rings. The van der Waals surface area contributed by atoms with Crippen LogP contribution >= 0.6 is 0 Å². The van der Waals surface area contributed by atoms with Crippen LogP contribution in [0.3, 0.4) is 0 Å². The lowest BCUT2D eigenvalue weighted by Crippen LogP contribution is -2.50. The van der Waals surface area contributed by atoms with Crippen molar-refractivity contribution in [1.82, 2.24) is 9.80 Å². The van der Waals surface area contributed by atoms with E-state index in [1.54, 1.807) is 0 Å². The van der Waals surface area contributed by atoms with E-state index in [9.17, 15) is 14.7 Å². The van der Waals surface area contributed by atoms with Crippen molar-refractivity contribution in [2.24, 2.45) is 11.8 Å². The van der Waals surface area contributed by atoms with Crippen molar-refractivity contribution in [3.8, 4) is 0 Å². The highest BCUT2D eigenvalue weighted by Crippen LogP contribution is 2.28. The molecule has 0 saturated carbocycles. The van der Waals surface area contributed by atoms with E-state index in [4.69, 9.17) is 0 Å². The number of hydrogen-bond donors (Lipinski definition) is 1. The lowest BCUT2D eigenvalue weighted by Gasteiger charge is -2.36.